The Bertz CT molecular complexity index is 1020. The van der Waals surface area contributed by atoms with Gasteiger partial charge in [0.05, 0.1) is 31.7 Å². The number of carbonyl (C=O) groups excluding carboxylic acids is 2. The van der Waals surface area contributed by atoms with Crippen molar-refractivity contribution >= 4 is 17.8 Å². The first kappa shape index (κ1) is 20.0. The van der Waals surface area contributed by atoms with Crippen LogP contribution in [0.4, 0.5) is 0 Å². The van der Waals surface area contributed by atoms with Crippen molar-refractivity contribution in [2.24, 2.45) is 0 Å². The smallest absolute Gasteiger partial charge is 0.354 e. The number of benzene rings is 2. The summed E-state index contributed by atoms with van der Waals surface area (Å²) in [5.41, 5.74) is 4.47. The van der Waals surface area contributed by atoms with E-state index < -0.39 is 5.97 Å². The molecule has 0 aliphatic rings. The molecular formula is C22H22N4O3. The first-order valence-corrected chi connectivity index (χ1v) is 9.08. The summed E-state index contributed by atoms with van der Waals surface area (Å²) in [6.07, 6.45) is 4.98. The van der Waals surface area contributed by atoms with Crippen LogP contribution >= 0.6 is 0 Å². The minimum atomic E-state index is -0.543. The Hall–Kier alpha value is -3.74. The highest BCUT2D eigenvalue weighted by Crippen LogP contribution is 2.13. The molecule has 29 heavy (non-hydrogen) atoms. The highest BCUT2D eigenvalue weighted by Gasteiger charge is 2.13. The van der Waals surface area contributed by atoms with Gasteiger partial charge < -0.3 is 10.1 Å². The molecule has 0 saturated carbocycles. The van der Waals surface area contributed by atoms with E-state index in [0.29, 0.717) is 5.56 Å². The summed E-state index contributed by atoms with van der Waals surface area (Å²) in [5.74, 6) is -0.647. The summed E-state index contributed by atoms with van der Waals surface area (Å²) in [6, 6.07) is 13.1. The number of esters is 1. The number of hydrogen-bond acceptors (Lipinski definition) is 6. The largest absolute Gasteiger partial charge is 0.464 e. The molecule has 7 heteroatoms. The molecule has 0 aliphatic heterocycles. The molecule has 1 aromatic heterocycles. The number of nitrogens with zero attached hydrogens (tertiary/aromatic N) is 3. The highest BCUT2D eigenvalue weighted by atomic mass is 16.5. The molecule has 1 N–H and O–H groups in total. The molecule has 0 fully saturated rings. The summed E-state index contributed by atoms with van der Waals surface area (Å²) >= 11 is 0. The predicted molar refractivity (Wildman–Crippen MR) is 110 cm³/mol. The Kier molecular flexibility index (Phi) is 6.19. The maximum atomic E-state index is 12.5. The maximum absolute atomic E-state index is 12.5. The Balaban J connectivity index is 1.75. The zero-order valence-electron chi connectivity index (χ0n) is 16.5. The van der Waals surface area contributed by atoms with Crippen LogP contribution < -0.4 is 5.32 Å². The van der Waals surface area contributed by atoms with E-state index in [9.17, 15) is 9.59 Å². The zero-order chi connectivity index (χ0) is 20.8. The number of aromatic nitrogens is 3. The van der Waals surface area contributed by atoms with E-state index in [-0.39, 0.29) is 18.0 Å². The molecule has 0 aliphatic carbocycles. The van der Waals surface area contributed by atoms with Crippen molar-refractivity contribution < 1.29 is 14.3 Å². The predicted octanol–water partition coefficient (Wildman–Crippen LogP) is 2.87. The zero-order valence-corrected chi connectivity index (χ0v) is 16.5. The van der Waals surface area contributed by atoms with Crippen LogP contribution in [0.3, 0.4) is 0 Å². The van der Waals surface area contributed by atoms with Crippen LogP contribution in [0.25, 0.3) is 11.8 Å². The standard InChI is InChI=1S/C22H22N4O3/c1-15-10-16(2)12-18(11-15)21(27)14-23-20(22(28)29-3)13-17-4-6-19(7-5-17)26-9-8-24-25-26/h4-13,23H,14H2,1-3H3/b20-13+. The number of hydrogen-bond donors (Lipinski definition) is 1. The Labute approximate surface area is 169 Å². The summed E-state index contributed by atoms with van der Waals surface area (Å²) in [5, 5.41) is 10.6. The molecule has 0 bridgehead atoms. The fourth-order valence-corrected chi connectivity index (χ4v) is 2.94. The van der Waals surface area contributed by atoms with Crippen molar-refractivity contribution in [3.8, 4) is 5.69 Å². The fraction of sp³-hybridized carbons (Fsp3) is 0.182. The number of Topliss-reactive ketones (excluding diaryl/α,β-unsaturated/α-hetero) is 1. The van der Waals surface area contributed by atoms with Crippen LogP contribution in [-0.4, -0.2) is 40.4 Å². The quantitative estimate of drug-likeness (QED) is 0.379. The number of ether oxygens (including phenoxy) is 1. The molecule has 0 amide bonds. The molecule has 1 heterocycles. The molecule has 0 unspecified atom stereocenters. The topological polar surface area (TPSA) is 86.1 Å². The molecular weight excluding hydrogens is 368 g/mol. The second-order valence-corrected chi connectivity index (χ2v) is 6.64. The lowest BCUT2D eigenvalue weighted by molar-refractivity contribution is -0.136. The number of aryl methyl sites for hydroxylation is 2. The molecule has 2 aromatic carbocycles. The van der Waals surface area contributed by atoms with Gasteiger partial charge in [-0.1, -0.05) is 34.5 Å². The van der Waals surface area contributed by atoms with Gasteiger partial charge in [-0.2, -0.15) is 0 Å². The van der Waals surface area contributed by atoms with Gasteiger partial charge in [0.1, 0.15) is 5.70 Å². The van der Waals surface area contributed by atoms with Gasteiger partial charge >= 0.3 is 5.97 Å². The molecule has 3 aromatic rings. The third-order valence-electron chi connectivity index (χ3n) is 4.28. The number of methoxy groups -OCH3 is 1. The Morgan fingerprint density at radius 1 is 1.10 bits per heavy atom. The maximum Gasteiger partial charge on any atom is 0.354 e. The van der Waals surface area contributed by atoms with E-state index in [1.165, 1.54) is 7.11 Å². The van der Waals surface area contributed by atoms with Gasteiger partial charge in [-0.15, -0.1) is 5.10 Å². The van der Waals surface area contributed by atoms with Gasteiger partial charge in [-0.25, -0.2) is 9.48 Å². The number of nitrogens with one attached hydrogen (secondary N) is 1. The van der Waals surface area contributed by atoms with Gasteiger partial charge in [0.25, 0.3) is 0 Å². The fourth-order valence-electron chi connectivity index (χ4n) is 2.94. The SMILES string of the molecule is COC(=O)/C(=C\c1ccc(-n2ccnn2)cc1)NCC(=O)c1cc(C)cc(C)c1. The number of rotatable bonds is 7. The lowest BCUT2D eigenvalue weighted by Crippen LogP contribution is -2.27. The minimum Gasteiger partial charge on any atom is -0.464 e. The van der Waals surface area contributed by atoms with Gasteiger partial charge in [0.15, 0.2) is 5.78 Å². The minimum absolute atomic E-state index is 0.0130. The summed E-state index contributed by atoms with van der Waals surface area (Å²) in [6.45, 7) is 3.88. The van der Waals surface area contributed by atoms with E-state index in [1.807, 2.05) is 56.3 Å². The van der Waals surface area contributed by atoms with E-state index in [2.05, 4.69) is 15.6 Å². The van der Waals surface area contributed by atoms with Crippen LogP contribution in [-0.2, 0) is 9.53 Å². The average Bonchev–Trinajstić information content (AvgIpc) is 3.25. The first-order valence-electron chi connectivity index (χ1n) is 9.08. The lowest BCUT2D eigenvalue weighted by atomic mass is 10.0. The number of carbonyl (C=O) groups is 2. The molecule has 0 spiro atoms. The van der Waals surface area contributed by atoms with Crippen molar-refractivity contribution in [3.05, 3.63) is 82.8 Å². The normalized spacial score (nSPS) is 11.2. The van der Waals surface area contributed by atoms with Crippen LogP contribution in [0.15, 0.2) is 60.6 Å². The van der Waals surface area contributed by atoms with Gasteiger partial charge in [0, 0.05) is 5.56 Å². The van der Waals surface area contributed by atoms with Crippen molar-refractivity contribution in [1.82, 2.24) is 20.3 Å². The summed E-state index contributed by atoms with van der Waals surface area (Å²) in [4.78, 5) is 24.7. The van der Waals surface area contributed by atoms with E-state index in [4.69, 9.17) is 4.74 Å². The van der Waals surface area contributed by atoms with Gasteiger partial charge in [0.2, 0.25) is 0 Å². The summed E-state index contributed by atoms with van der Waals surface area (Å²) < 4.78 is 6.47. The monoisotopic (exact) mass is 390 g/mol. The lowest BCUT2D eigenvalue weighted by Gasteiger charge is -2.10. The Morgan fingerprint density at radius 3 is 2.38 bits per heavy atom. The van der Waals surface area contributed by atoms with Gasteiger partial charge in [-0.3, -0.25) is 4.79 Å². The van der Waals surface area contributed by atoms with E-state index >= 15 is 0 Å². The molecule has 148 valence electrons. The highest BCUT2D eigenvalue weighted by molar-refractivity contribution is 5.99. The van der Waals surface area contributed by atoms with Gasteiger partial charge in [-0.05, 0) is 49.8 Å². The van der Waals surface area contributed by atoms with E-state index in [0.717, 1.165) is 22.4 Å². The molecule has 0 saturated heterocycles. The molecule has 3 rings (SSSR count). The molecule has 7 nitrogen and oxygen atoms in total. The van der Waals surface area contributed by atoms with Crippen LogP contribution in [0, 0.1) is 13.8 Å². The van der Waals surface area contributed by atoms with E-state index in [1.54, 1.807) is 23.2 Å². The van der Waals surface area contributed by atoms with Crippen molar-refractivity contribution in [1.29, 1.82) is 0 Å². The molecule has 0 atom stereocenters. The Morgan fingerprint density at radius 2 is 1.79 bits per heavy atom. The summed E-state index contributed by atoms with van der Waals surface area (Å²) in [7, 11) is 1.30. The number of ketones is 1. The van der Waals surface area contributed by atoms with Crippen molar-refractivity contribution in [2.45, 2.75) is 13.8 Å². The molecule has 0 radical (unpaired) electrons. The second-order valence-electron chi connectivity index (χ2n) is 6.64. The van der Waals surface area contributed by atoms with Crippen molar-refractivity contribution in [2.75, 3.05) is 13.7 Å². The van der Waals surface area contributed by atoms with Crippen LogP contribution in [0.5, 0.6) is 0 Å². The van der Waals surface area contributed by atoms with Crippen LogP contribution in [0.1, 0.15) is 27.0 Å². The third-order valence-corrected chi connectivity index (χ3v) is 4.28. The van der Waals surface area contributed by atoms with Crippen molar-refractivity contribution in [3.63, 3.8) is 0 Å². The first-order chi connectivity index (χ1) is 14.0. The second kappa shape index (κ2) is 8.97. The third kappa shape index (κ3) is 5.16. The van der Waals surface area contributed by atoms with Crippen LogP contribution in [0.2, 0.25) is 0 Å². The average molecular weight is 390 g/mol.